The van der Waals surface area contributed by atoms with Crippen LogP contribution in [0.3, 0.4) is 0 Å². The van der Waals surface area contributed by atoms with Crippen LogP contribution in [-0.2, 0) is 0 Å². The minimum Gasteiger partial charge on any atom is -0.361 e. The quantitative estimate of drug-likeness (QED) is 0.632. The number of amides is 1. The molecule has 3 aromatic heterocycles. The van der Waals surface area contributed by atoms with E-state index in [1.54, 1.807) is 18.3 Å². The Kier molecular flexibility index (Phi) is 4.63. The summed E-state index contributed by atoms with van der Waals surface area (Å²) in [6, 6.07) is 3.15. The fourth-order valence-electron chi connectivity index (χ4n) is 3.15. The van der Waals surface area contributed by atoms with Crippen molar-refractivity contribution < 1.29 is 18.0 Å². The molecule has 3 N–H and O–H groups in total. The molecular formula is C18H17F3N6O. The van der Waals surface area contributed by atoms with E-state index in [0.29, 0.717) is 23.8 Å². The molecule has 3 aromatic rings. The first-order valence-electron chi connectivity index (χ1n) is 8.65. The standard InChI is InChI=1S/C18H17F3N6O/c1-22-18(28)9-2-3-27-14(8-24-15(27)4-9)16-10(19)5-11(20)17(26-16)25-13-7-23-6-12(13)21/h2-5,8,12-13,23H,6-7H2,1H3,(H,22,28)(H,25,26)/t12-,13-/m0/s1. The van der Waals surface area contributed by atoms with Crippen molar-refractivity contribution in [1.29, 1.82) is 0 Å². The Bertz CT molecular complexity index is 1050. The highest BCUT2D eigenvalue weighted by Gasteiger charge is 2.28. The number of halogens is 3. The number of carbonyl (C=O) groups excluding carboxylic acids is 1. The molecule has 1 aliphatic rings. The van der Waals surface area contributed by atoms with Gasteiger partial charge in [-0.2, -0.15) is 0 Å². The van der Waals surface area contributed by atoms with Gasteiger partial charge in [0, 0.05) is 38.0 Å². The Morgan fingerprint density at radius 3 is 2.82 bits per heavy atom. The van der Waals surface area contributed by atoms with E-state index in [2.05, 4.69) is 25.9 Å². The minimum atomic E-state index is -1.20. The van der Waals surface area contributed by atoms with Gasteiger partial charge in [0.15, 0.2) is 17.5 Å². The molecule has 2 atom stereocenters. The predicted octanol–water partition coefficient (Wildman–Crippen LogP) is 1.76. The monoisotopic (exact) mass is 390 g/mol. The number of fused-ring (bicyclic) bond motifs is 1. The lowest BCUT2D eigenvalue weighted by atomic mass is 10.2. The van der Waals surface area contributed by atoms with Gasteiger partial charge in [-0.1, -0.05) is 0 Å². The van der Waals surface area contributed by atoms with Crippen molar-refractivity contribution >= 4 is 17.4 Å². The van der Waals surface area contributed by atoms with E-state index in [-0.39, 0.29) is 29.7 Å². The molecule has 1 aliphatic heterocycles. The van der Waals surface area contributed by atoms with Gasteiger partial charge in [0.1, 0.15) is 17.5 Å². The fourth-order valence-corrected chi connectivity index (χ4v) is 3.15. The molecule has 0 aliphatic carbocycles. The maximum Gasteiger partial charge on any atom is 0.251 e. The largest absolute Gasteiger partial charge is 0.361 e. The normalized spacial score (nSPS) is 19.1. The van der Waals surface area contributed by atoms with E-state index in [1.807, 2.05) is 0 Å². The van der Waals surface area contributed by atoms with Crippen LogP contribution in [-0.4, -0.2) is 52.6 Å². The number of aromatic nitrogens is 3. The third-order valence-electron chi connectivity index (χ3n) is 4.64. The van der Waals surface area contributed by atoms with Gasteiger partial charge in [0.2, 0.25) is 0 Å². The lowest BCUT2D eigenvalue weighted by Crippen LogP contribution is -2.30. The van der Waals surface area contributed by atoms with E-state index in [0.717, 1.165) is 0 Å². The van der Waals surface area contributed by atoms with Crippen LogP contribution in [0.25, 0.3) is 17.0 Å². The predicted molar refractivity (Wildman–Crippen MR) is 96.9 cm³/mol. The zero-order valence-electron chi connectivity index (χ0n) is 14.8. The number of carbonyl (C=O) groups is 1. The van der Waals surface area contributed by atoms with Gasteiger partial charge in [0.25, 0.3) is 5.91 Å². The lowest BCUT2D eigenvalue weighted by Gasteiger charge is -2.16. The molecule has 1 saturated heterocycles. The van der Waals surface area contributed by atoms with Crippen LogP contribution in [0, 0.1) is 11.6 Å². The smallest absolute Gasteiger partial charge is 0.251 e. The van der Waals surface area contributed by atoms with Crippen LogP contribution in [0.5, 0.6) is 0 Å². The first-order chi connectivity index (χ1) is 13.5. The van der Waals surface area contributed by atoms with Crippen molar-refractivity contribution in [2.24, 2.45) is 0 Å². The molecule has 0 saturated carbocycles. The van der Waals surface area contributed by atoms with E-state index in [1.165, 1.54) is 17.6 Å². The van der Waals surface area contributed by atoms with Gasteiger partial charge in [-0.15, -0.1) is 0 Å². The molecule has 146 valence electrons. The molecule has 1 fully saturated rings. The number of imidazole rings is 1. The van der Waals surface area contributed by atoms with E-state index >= 15 is 0 Å². The molecule has 0 unspecified atom stereocenters. The van der Waals surface area contributed by atoms with E-state index in [9.17, 15) is 18.0 Å². The number of hydrogen-bond donors (Lipinski definition) is 3. The van der Waals surface area contributed by atoms with Gasteiger partial charge < -0.3 is 16.0 Å². The third kappa shape index (κ3) is 3.15. The van der Waals surface area contributed by atoms with Crippen LogP contribution in [0.2, 0.25) is 0 Å². The van der Waals surface area contributed by atoms with Crippen LogP contribution in [0.15, 0.2) is 30.6 Å². The number of nitrogens with zero attached hydrogens (tertiary/aromatic N) is 3. The van der Waals surface area contributed by atoms with Crippen LogP contribution in [0.4, 0.5) is 19.0 Å². The molecule has 4 rings (SSSR count). The van der Waals surface area contributed by atoms with Gasteiger partial charge in [-0.05, 0) is 12.1 Å². The molecule has 0 radical (unpaired) electrons. The van der Waals surface area contributed by atoms with Crippen molar-refractivity contribution in [3.8, 4) is 11.4 Å². The van der Waals surface area contributed by atoms with Crippen LogP contribution < -0.4 is 16.0 Å². The highest BCUT2D eigenvalue weighted by Crippen LogP contribution is 2.27. The first-order valence-corrected chi connectivity index (χ1v) is 8.65. The van der Waals surface area contributed by atoms with Crippen LogP contribution in [0.1, 0.15) is 10.4 Å². The Hall–Kier alpha value is -3.14. The van der Waals surface area contributed by atoms with Crippen molar-refractivity contribution in [3.63, 3.8) is 0 Å². The first kappa shape index (κ1) is 18.2. The van der Waals surface area contributed by atoms with Gasteiger partial charge in [0.05, 0.1) is 17.9 Å². The van der Waals surface area contributed by atoms with Gasteiger partial charge in [-0.25, -0.2) is 23.1 Å². The summed E-state index contributed by atoms with van der Waals surface area (Å²) in [6.45, 7) is 0.473. The molecule has 0 spiro atoms. The summed E-state index contributed by atoms with van der Waals surface area (Å²) in [5.74, 6) is -2.29. The fraction of sp³-hybridized carbons (Fsp3) is 0.278. The van der Waals surface area contributed by atoms with Gasteiger partial charge in [-0.3, -0.25) is 9.20 Å². The van der Waals surface area contributed by atoms with Crippen LogP contribution >= 0.6 is 0 Å². The third-order valence-corrected chi connectivity index (χ3v) is 4.64. The Morgan fingerprint density at radius 2 is 2.11 bits per heavy atom. The summed E-state index contributed by atoms with van der Waals surface area (Å²) >= 11 is 0. The SMILES string of the molecule is CNC(=O)c1ccn2c(-c3nc(N[C@H]4CNC[C@@H]4F)c(F)cc3F)cnc2c1. The Morgan fingerprint density at radius 1 is 1.29 bits per heavy atom. The molecule has 28 heavy (non-hydrogen) atoms. The Balaban J connectivity index is 1.74. The highest BCUT2D eigenvalue weighted by atomic mass is 19.1. The van der Waals surface area contributed by atoms with Crippen molar-refractivity contribution in [3.05, 3.63) is 47.8 Å². The summed E-state index contributed by atoms with van der Waals surface area (Å²) in [5, 5.41) is 8.06. The average Bonchev–Trinajstić information content (AvgIpc) is 3.29. The molecule has 7 nitrogen and oxygen atoms in total. The zero-order valence-corrected chi connectivity index (χ0v) is 14.8. The van der Waals surface area contributed by atoms with E-state index < -0.39 is 23.8 Å². The summed E-state index contributed by atoms with van der Waals surface area (Å²) in [6.07, 6.45) is 1.73. The maximum absolute atomic E-state index is 14.5. The second-order valence-corrected chi connectivity index (χ2v) is 6.44. The Labute approximate surface area is 158 Å². The van der Waals surface area contributed by atoms with Crippen molar-refractivity contribution in [2.45, 2.75) is 12.2 Å². The second-order valence-electron chi connectivity index (χ2n) is 6.44. The summed E-state index contributed by atoms with van der Waals surface area (Å²) in [5.41, 5.74) is 0.940. The highest BCUT2D eigenvalue weighted by molar-refractivity contribution is 5.94. The minimum absolute atomic E-state index is 0.134. The van der Waals surface area contributed by atoms with E-state index in [4.69, 9.17) is 0 Å². The number of hydrogen-bond acceptors (Lipinski definition) is 5. The average molecular weight is 390 g/mol. The summed E-state index contributed by atoms with van der Waals surface area (Å²) in [7, 11) is 1.51. The maximum atomic E-state index is 14.5. The second kappa shape index (κ2) is 7.12. The molecular weight excluding hydrogens is 373 g/mol. The lowest BCUT2D eigenvalue weighted by molar-refractivity contribution is 0.0963. The number of anilines is 1. The zero-order chi connectivity index (χ0) is 19.8. The summed E-state index contributed by atoms with van der Waals surface area (Å²) in [4.78, 5) is 20.0. The molecule has 10 heteroatoms. The molecule has 4 heterocycles. The van der Waals surface area contributed by atoms with Crippen molar-refractivity contribution in [2.75, 3.05) is 25.5 Å². The number of pyridine rings is 2. The molecule has 0 bridgehead atoms. The topological polar surface area (TPSA) is 83.4 Å². The van der Waals surface area contributed by atoms with Crippen molar-refractivity contribution in [1.82, 2.24) is 25.0 Å². The molecule has 0 aromatic carbocycles. The molecule has 1 amide bonds. The number of nitrogens with one attached hydrogen (secondary N) is 3. The van der Waals surface area contributed by atoms with Gasteiger partial charge >= 0.3 is 0 Å². The number of rotatable bonds is 4. The summed E-state index contributed by atoms with van der Waals surface area (Å²) < 4.78 is 44.0. The number of alkyl halides is 1.